The molecule has 5 heteroatoms. The van der Waals surface area contributed by atoms with Crippen molar-refractivity contribution in [1.29, 1.82) is 0 Å². The van der Waals surface area contributed by atoms with Gasteiger partial charge in [-0.05, 0) is 86.0 Å². The van der Waals surface area contributed by atoms with Crippen LogP contribution in [0.4, 0.5) is 0 Å². The fourth-order valence-corrected chi connectivity index (χ4v) is 10.4. The molecule has 0 aliphatic heterocycles. The Balaban J connectivity index is 1.03. The first-order valence-electron chi connectivity index (χ1n) is 22.3. The second-order valence-corrected chi connectivity index (χ2v) is 17.7. The third-order valence-corrected chi connectivity index (χ3v) is 13.6. The second-order valence-electron chi connectivity index (χ2n) is 17.7. The highest BCUT2D eigenvalue weighted by atomic mass is 15.3. The Bertz CT molecular complexity index is 3660. The molecule has 65 heavy (non-hydrogen) atoms. The molecular formula is C60H41N5. The van der Waals surface area contributed by atoms with Crippen LogP contribution in [0, 0.1) is 0 Å². The summed E-state index contributed by atoms with van der Waals surface area (Å²) in [5.74, 6) is 1.70. The zero-order valence-corrected chi connectivity index (χ0v) is 35.9. The summed E-state index contributed by atoms with van der Waals surface area (Å²) < 4.78 is 4.43. The Morgan fingerprint density at radius 3 is 1.31 bits per heavy atom. The van der Waals surface area contributed by atoms with E-state index in [0.29, 0.717) is 17.7 Å². The van der Waals surface area contributed by atoms with Crippen LogP contribution >= 0.6 is 0 Å². The lowest BCUT2D eigenvalue weighted by atomic mass is 9.81. The molecule has 0 N–H and O–H groups in total. The monoisotopic (exact) mass is 831 g/mol. The van der Waals surface area contributed by atoms with Crippen molar-refractivity contribution < 1.29 is 0 Å². The smallest absolute Gasteiger partial charge is 0.240 e. The fraction of sp³-hybridized carbons (Fsp3) is 0.0500. The van der Waals surface area contributed by atoms with Gasteiger partial charge in [0, 0.05) is 32.5 Å². The van der Waals surface area contributed by atoms with Gasteiger partial charge in [0.25, 0.3) is 0 Å². The van der Waals surface area contributed by atoms with E-state index < -0.39 is 0 Å². The first-order chi connectivity index (χ1) is 32.0. The molecule has 0 saturated heterocycles. The molecule has 1 aliphatic carbocycles. The molecule has 13 rings (SSSR count). The van der Waals surface area contributed by atoms with Crippen molar-refractivity contribution in [1.82, 2.24) is 24.1 Å². The van der Waals surface area contributed by atoms with Gasteiger partial charge >= 0.3 is 0 Å². The van der Waals surface area contributed by atoms with E-state index in [9.17, 15) is 0 Å². The quantitative estimate of drug-likeness (QED) is 0.168. The fourth-order valence-electron chi connectivity index (χ4n) is 10.4. The van der Waals surface area contributed by atoms with Gasteiger partial charge in [0.2, 0.25) is 11.9 Å². The van der Waals surface area contributed by atoms with E-state index in [-0.39, 0.29) is 5.41 Å². The van der Waals surface area contributed by atoms with E-state index >= 15 is 0 Å². The second kappa shape index (κ2) is 14.3. The molecule has 0 radical (unpaired) electrons. The highest BCUT2D eigenvalue weighted by Gasteiger charge is 2.35. The minimum atomic E-state index is -0.0805. The van der Waals surface area contributed by atoms with Gasteiger partial charge in [-0.15, -0.1) is 0 Å². The van der Waals surface area contributed by atoms with Crippen LogP contribution in [0.2, 0.25) is 0 Å². The largest absolute Gasteiger partial charge is 0.278 e. The zero-order valence-electron chi connectivity index (χ0n) is 35.9. The third kappa shape index (κ3) is 5.82. The third-order valence-electron chi connectivity index (χ3n) is 13.6. The lowest BCUT2D eigenvalue weighted by Crippen LogP contribution is -2.14. The number of para-hydroxylation sites is 2. The number of benzene rings is 9. The van der Waals surface area contributed by atoms with Gasteiger partial charge in [0.15, 0.2) is 5.82 Å². The summed E-state index contributed by atoms with van der Waals surface area (Å²) in [5, 5.41) is 4.55. The van der Waals surface area contributed by atoms with Crippen molar-refractivity contribution in [3.63, 3.8) is 0 Å². The van der Waals surface area contributed by atoms with Gasteiger partial charge < -0.3 is 0 Å². The maximum atomic E-state index is 5.48. The van der Waals surface area contributed by atoms with Gasteiger partial charge in [0.1, 0.15) is 0 Å². The number of aromatic nitrogens is 5. The number of hydrogen-bond donors (Lipinski definition) is 0. The molecule has 0 fully saturated rings. The van der Waals surface area contributed by atoms with E-state index in [4.69, 9.17) is 15.0 Å². The number of fused-ring (bicyclic) bond motifs is 9. The summed E-state index contributed by atoms with van der Waals surface area (Å²) in [6.07, 6.45) is 0. The highest BCUT2D eigenvalue weighted by Crippen LogP contribution is 2.49. The lowest BCUT2D eigenvalue weighted by molar-refractivity contribution is 0.660. The van der Waals surface area contributed by atoms with Crippen LogP contribution in [0.3, 0.4) is 0 Å². The molecule has 306 valence electrons. The van der Waals surface area contributed by atoms with Crippen LogP contribution in [-0.4, -0.2) is 24.1 Å². The molecule has 0 atom stereocenters. The van der Waals surface area contributed by atoms with Crippen LogP contribution in [0.15, 0.2) is 212 Å². The minimum absolute atomic E-state index is 0.0805. The summed E-state index contributed by atoms with van der Waals surface area (Å²) in [7, 11) is 0. The summed E-state index contributed by atoms with van der Waals surface area (Å²) in [4.78, 5) is 16.3. The normalized spacial score (nSPS) is 12.9. The SMILES string of the molecule is CC1(C)c2ccccc2-c2ccc(-c3ccc(-c4nc(-n5c6ccccc6c6ccc(-c7ccccc7)cc65)nc(-n5c6ccccc6c6ccc(-c7ccccc7)cc65)n4)cc3)cc21. The number of rotatable bonds is 6. The maximum Gasteiger partial charge on any atom is 0.240 e. The molecule has 5 nitrogen and oxygen atoms in total. The Labute approximate surface area is 376 Å². The van der Waals surface area contributed by atoms with E-state index in [1.54, 1.807) is 0 Å². The van der Waals surface area contributed by atoms with Crippen molar-refractivity contribution in [2.75, 3.05) is 0 Å². The van der Waals surface area contributed by atoms with Crippen molar-refractivity contribution in [2.24, 2.45) is 0 Å². The van der Waals surface area contributed by atoms with Crippen LogP contribution in [0.1, 0.15) is 25.0 Å². The Morgan fingerprint density at radius 2 is 0.723 bits per heavy atom. The van der Waals surface area contributed by atoms with Crippen molar-refractivity contribution in [3.05, 3.63) is 223 Å². The zero-order chi connectivity index (χ0) is 43.2. The molecule has 3 aromatic heterocycles. The molecule has 0 unspecified atom stereocenters. The van der Waals surface area contributed by atoms with Crippen molar-refractivity contribution in [2.45, 2.75) is 19.3 Å². The van der Waals surface area contributed by atoms with Crippen molar-refractivity contribution >= 4 is 43.6 Å². The molecule has 0 bridgehead atoms. The van der Waals surface area contributed by atoms with Crippen LogP contribution in [-0.2, 0) is 5.41 Å². The Kier molecular flexibility index (Phi) is 8.18. The van der Waals surface area contributed by atoms with E-state index in [2.05, 4.69) is 235 Å². The molecule has 0 spiro atoms. The molecule has 0 saturated carbocycles. The molecule has 0 amide bonds. The Morgan fingerprint density at radius 1 is 0.308 bits per heavy atom. The number of hydrogen-bond acceptors (Lipinski definition) is 3. The van der Waals surface area contributed by atoms with Gasteiger partial charge in [-0.3, -0.25) is 9.13 Å². The highest BCUT2D eigenvalue weighted by molar-refractivity contribution is 6.11. The summed E-state index contributed by atoms with van der Waals surface area (Å²) in [6, 6.07) is 76.1. The maximum absolute atomic E-state index is 5.48. The Hall–Kier alpha value is -8.41. The predicted octanol–water partition coefficient (Wildman–Crippen LogP) is 15.0. The lowest BCUT2D eigenvalue weighted by Gasteiger charge is -2.22. The first kappa shape index (κ1) is 37.2. The van der Waals surface area contributed by atoms with Gasteiger partial charge in [-0.25, -0.2) is 0 Å². The summed E-state index contributed by atoms with van der Waals surface area (Å²) in [6.45, 7) is 4.67. The minimum Gasteiger partial charge on any atom is -0.278 e. The van der Waals surface area contributed by atoms with Crippen LogP contribution in [0.5, 0.6) is 0 Å². The number of nitrogens with zero attached hydrogens (tertiary/aromatic N) is 5. The summed E-state index contributed by atoms with van der Waals surface area (Å²) in [5.41, 5.74) is 17.2. The van der Waals surface area contributed by atoms with E-state index in [1.807, 2.05) is 0 Å². The van der Waals surface area contributed by atoms with Crippen LogP contribution in [0.25, 0.3) is 111 Å². The molecule has 9 aromatic carbocycles. The molecule has 12 aromatic rings. The average molecular weight is 832 g/mol. The first-order valence-corrected chi connectivity index (χ1v) is 22.3. The van der Waals surface area contributed by atoms with Crippen molar-refractivity contribution in [3.8, 4) is 67.8 Å². The van der Waals surface area contributed by atoms with E-state index in [0.717, 1.165) is 77.0 Å². The molecule has 3 heterocycles. The molecule has 1 aliphatic rings. The predicted molar refractivity (Wildman–Crippen MR) is 268 cm³/mol. The molecular weight excluding hydrogens is 791 g/mol. The van der Waals surface area contributed by atoms with Gasteiger partial charge in [-0.1, -0.05) is 196 Å². The summed E-state index contributed by atoms with van der Waals surface area (Å²) >= 11 is 0. The van der Waals surface area contributed by atoms with Crippen LogP contribution < -0.4 is 0 Å². The van der Waals surface area contributed by atoms with Gasteiger partial charge in [0.05, 0.1) is 22.1 Å². The van der Waals surface area contributed by atoms with E-state index in [1.165, 1.54) is 27.8 Å². The average Bonchev–Trinajstić information content (AvgIpc) is 3.96. The van der Waals surface area contributed by atoms with Gasteiger partial charge in [-0.2, -0.15) is 15.0 Å². The topological polar surface area (TPSA) is 48.5 Å². The standard InChI is InChI=1S/C60H41N5/c1-60(2)51-22-12-9-19-45(51)46-32-29-42(35-52(46)60)40-25-27-41(28-26-40)57-61-58(64-53-23-13-10-20-47(53)49-33-30-43(36-55(49)64)38-15-5-3-6-16-38)63-59(62-57)65-54-24-14-11-21-48(54)50-34-31-44(37-56(50)65)39-17-7-4-8-18-39/h3-37H,1-2H3.